The summed E-state index contributed by atoms with van der Waals surface area (Å²) in [6.45, 7) is 0.263. The number of benzene rings is 1. The molecular formula is C11H8Cl2FN3. The van der Waals surface area contributed by atoms with Gasteiger partial charge < -0.3 is 5.32 Å². The van der Waals surface area contributed by atoms with Crippen LogP contribution in [-0.2, 0) is 6.54 Å². The average molecular weight is 272 g/mol. The van der Waals surface area contributed by atoms with Crippen molar-refractivity contribution in [2.45, 2.75) is 6.54 Å². The van der Waals surface area contributed by atoms with E-state index in [0.717, 1.165) is 0 Å². The minimum absolute atomic E-state index is 0.210. The van der Waals surface area contributed by atoms with Crippen molar-refractivity contribution in [1.82, 2.24) is 9.97 Å². The Morgan fingerprint density at radius 3 is 2.41 bits per heavy atom. The first-order chi connectivity index (χ1) is 8.18. The first-order valence-corrected chi connectivity index (χ1v) is 5.57. The van der Waals surface area contributed by atoms with Gasteiger partial charge in [-0.1, -0.05) is 41.4 Å². The summed E-state index contributed by atoms with van der Waals surface area (Å²) in [6, 6.07) is 6.45. The largest absolute Gasteiger partial charge is 0.376 e. The van der Waals surface area contributed by atoms with Crippen molar-refractivity contribution in [3.8, 4) is 0 Å². The van der Waals surface area contributed by atoms with Crippen LogP contribution < -0.4 is 5.32 Å². The molecule has 0 unspecified atom stereocenters. The Morgan fingerprint density at radius 2 is 1.76 bits per heavy atom. The van der Waals surface area contributed by atoms with Gasteiger partial charge in [-0.25, -0.2) is 14.4 Å². The Bertz CT molecular complexity index is 514. The molecule has 2 aromatic rings. The van der Waals surface area contributed by atoms with Gasteiger partial charge in [0.25, 0.3) is 0 Å². The number of aromatic nitrogens is 2. The maximum Gasteiger partial charge on any atom is 0.157 e. The Kier molecular flexibility index (Phi) is 3.76. The molecule has 1 N–H and O–H groups in total. The fourth-order valence-electron chi connectivity index (χ4n) is 1.32. The van der Waals surface area contributed by atoms with E-state index in [4.69, 9.17) is 23.2 Å². The Labute approximate surface area is 108 Å². The van der Waals surface area contributed by atoms with Crippen molar-refractivity contribution in [3.05, 3.63) is 52.3 Å². The number of hydrogen-bond donors (Lipinski definition) is 1. The highest BCUT2D eigenvalue weighted by Gasteiger charge is 2.08. The van der Waals surface area contributed by atoms with Gasteiger partial charge in [0.05, 0.1) is 0 Å². The van der Waals surface area contributed by atoms with Gasteiger partial charge in [-0.2, -0.15) is 0 Å². The zero-order valence-electron chi connectivity index (χ0n) is 8.62. The zero-order valence-corrected chi connectivity index (χ0v) is 10.1. The van der Waals surface area contributed by atoms with E-state index in [1.54, 1.807) is 18.2 Å². The SMILES string of the molecule is Fc1ccccc1CNc1c(Cl)ncnc1Cl. The number of hydrogen-bond acceptors (Lipinski definition) is 3. The smallest absolute Gasteiger partial charge is 0.157 e. The standard InChI is InChI=1S/C11H8Cl2FN3/c12-10-9(11(13)17-6-16-10)15-5-7-3-1-2-4-8(7)14/h1-4,6,15H,5H2. The number of halogens is 3. The Hall–Kier alpha value is -1.39. The lowest BCUT2D eigenvalue weighted by Gasteiger charge is -2.09. The molecule has 0 atom stereocenters. The third-order valence-corrected chi connectivity index (χ3v) is 2.74. The van der Waals surface area contributed by atoms with Crippen LogP contribution in [0.2, 0.25) is 10.3 Å². The topological polar surface area (TPSA) is 37.8 Å². The normalized spacial score (nSPS) is 10.3. The zero-order chi connectivity index (χ0) is 12.3. The predicted octanol–water partition coefficient (Wildman–Crippen LogP) is 3.53. The van der Waals surface area contributed by atoms with E-state index in [1.165, 1.54) is 12.4 Å². The van der Waals surface area contributed by atoms with Crippen LogP contribution in [-0.4, -0.2) is 9.97 Å². The van der Waals surface area contributed by atoms with Crippen molar-refractivity contribution in [2.24, 2.45) is 0 Å². The van der Waals surface area contributed by atoms with Crippen LogP contribution in [0, 0.1) is 5.82 Å². The molecule has 0 saturated carbocycles. The van der Waals surface area contributed by atoms with Crippen LogP contribution in [0.5, 0.6) is 0 Å². The van der Waals surface area contributed by atoms with Crippen LogP contribution in [0.1, 0.15) is 5.56 Å². The van der Waals surface area contributed by atoms with Gasteiger partial charge in [-0.3, -0.25) is 0 Å². The molecule has 0 amide bonds. The average Bonchev–Trinajstić information content (AvgIpc) is 2.30. The molecule has 3 nitrogen and oxygen atoms in total. The highest BCUT2D eigenvalue weighted by Crippen LogP contribution is 2.26. The van der Waals surface area contributed by atoms with Crippen molar-refractivity contribution in [3.63, 3.8) is 0 Å². The molecule has 1 aromatic carbocycles. The van der Waals surface area contributed by atoms with E-state index in [9.17, 15) is 4.39 Å². The molecule has 2 rings (SSSR count). The van der Waals surface area contributed by atoms with Gasteiger partial charge in [0.2, 0.25) is 0 Å². The maximum atomic E-state index is 13.4. The summed E-state index contributed by atoms with van der Waals surface area (Å²) in [5.74, 6) is -0.288. The summed E-state index contributed by atoms with van der Waals surface area (Å²) in [5, 5.41) is 3.33. The van der Waals surface area contributed by atoms with Crippen LogP contribution in [0.25, 0.3) is 0 Å². The molecule has 0 bridgehead atoms. The van der Waals surface area contributed by atoms with Gasteiger partial charge in [-0.15, -0.1) is 0 Å². The minimum atomic E-state index is -0.288. The molecule has 0 aliphatic rings. The number of nitrogens with zero attached hydrogens (tertiary/aromatic N) is 2. The lowest BCUT2D eigenvalue weighted by atomic mass is 10.2. The van der Waals surface area contributed by atoms with E-state index in [2.05, 4.69) is 15.3 Å². The molecule has 17 heavy (non-hydrogen) atoms. The van der Waals surface area contributed by atoms with Crippen LogP contribution in [0.3, 0.4) is 0 Å². The van der Waals surface area contributed by atoms with Crippen molar-refractivity contribution in [1.29, 1.82) is 0 Å². The number of nitrogens with one attached hydrogen (secondary N) is 1. The molecule has 0 saturated heterocycles. The van der Waals surface area contributed by atoms with E-state index in [-0.39, 0.29) is 22.7 Å². The van der Waals surface area contributed by atoms with Gasteiger partial charge in [0.1, 0.15) is 17.8 Å². The number of anilines is 1. The van der Waals surface area contributed by atoms with E-state index >= 15 is 0 Å². The van der Waals surface area contributed by atoms with Crippen LogP contribution >= 0.6 is 23.2 Å². The number of rotatable bonds is 3. The van der Waals surface area contributed by atoms with E-state index in [0.29, 0.717) is 11.3 Å². The second kappa shape index (κ2) is 5.29. The predicted molar refractivity (Wildman–Crippen MR) is 65.8 cm³/mol. The van der Waals surface area contributed by atoms with Gasteiger partial charge in [0.15, 0.2) is 10.3 Å². The van der Waals surface area contributed by atoms with Crippen LogP contribution in [0.4, 0.5) is 10.1 Å². The quantitative estimate of drug-likeness (QED) is 0.868. The van der Waals surface area contributed by atoms with Gasteiger partial charge in [-0.05, 0) is 6.07 Å². The van der Waals surface area contributed by atoms with Crippen molar-refractivity contribution < 1.29 is 4.39 Å². The Morgan fingerprint density at radius 1 is 1.12 bits per heavy atom. The lowest BCUT2D eigenvalue weighted by Crippen LogP contribution is -2.04. The van der Waals surface area contributed by atoms with E-state index in [1.807, 2.05) is 0 Å². The fourth-order valence-corrected chi connectivity index (χ4v) is 1.76. The summed E-state index contributed by atoms with van der Waals surface area (Å²) in [6.07, 6.45) is 1.26. The third-order valence-electron chi connectivity index (χ3n) is 2.17. The minimum Gasteiger partial charge on any atom is -0.376 e. The second-order valence-corrected chi connectivity index (χ2v) is 3.99. The summed E-state index contributed by atoms with van der Waals surface area (Å²) in [4.78, 5) is 7.58. The van der Waals surface area contributed by atoms with Crippen LogP contribution in [0.15, 0.2) is 30.6 Å². The first-order valence-electron chi connectivity index (χ1n) is 4.82. The van der Waals surface area contributed by atoms with Crippen molar-refractivity contribution in [2.75, 3.05) is 5.32 Å². The molecule has 0 spiro atoms. The molecule has 88 valence electrons. The molecule has 1 heterocycles. The molecule has 0 aliphatic heterocycles. The second-order valence-electron chi connectivity index (χ2n) is 3.28. The van der Waals surface area contributed by atoms with Gasteiger partial charge >= 0.3 is 0 Å². The molecule has 1 aromatic heterocycles. The third kappa shape index (κ3) is 2.84. The fraction of sp³-hybridized carbons (Fsp3) is 0.0909. The maximum absolute atomic E-state index is 13.4. The highest BCUT2D eigenvalue weighted by atomic mass is 35.5. The highest BCUT2D eigenvalue weighted by molar-refractivity contribution is 6.37. The molecule has 0 fully saturated rings. The molecule has 6 heteroatoms. The molecule has 0 radical (unpaired) electrons. The molecular weight excluding hydrogens is 264 g/mol. The van der Waals surface area contributed by atoms with Gasteiger partial charge in [0, 0.05) is 12.1 Å². The summed E-state index contributed by atoms with van der Waals surface area (Å²) in [7, 11) is 0. The van der Waals surface area contributed by atoms with Crippen molar-refractivity contribution >= 4 is 28.9 Å². The summed E-state index contributed by atoms with van der Waals surface area (Å²) in [5.41, 5.74) is 0.919. The molecule has 0 aliphatic carbocycles. The Balaban J connectivity index is 2.16. The first kappa shape index (κ1) is 12.1. The monoisotopic (exact) mass is 271 g/mol. The summed E-state index contributed by atoms with van der Waals surface area (Å²) < 4.78 is 13.4. The lowest BCUT2D eigenvalue weighted by molar-refractivity contribution is 0.613. The van der Waals surface area contributed by atoms with E-state index < -0.39 is 0 Å². The summed E-state index contributed by atoms with van der Waals surface area (Å²) >= 11 is 11.7.